The molecule has 2 aromatic carbocycles. The van der Waals surface area contributed by atoms with E-state index in [0.29, 0.717) is 26.0 Å². The third-order valence-corrected chi connectivity index (χ3v) is 6.35. The lowest BCUT2D eigenvalue weighted by atomic mass is 9.98. The van der Waals surface area contributed by atoms with E-state index in [-0.39, 0.29) is 30.3 Å². The average molecular weight is 468 g/mol. The highest BCUT2D eigenvalue weighted by molar-refractivity contribution is 6.03. The number of rotatable bonds is 7. The lowest BCUT2D eigenvalue weighted by Gasteiger charge is -2.34. The number of nitrogens with zero attached hydrogens (tertiary/aromatic N) is 3. The zero-order valence-corrected chi connectivity index (χ0v) is 19.6. The van der Waals surface area contributed by atoms with Crippen molar-refractivity contribution in [1.82, 2.24) is 9.91 Å². The summed E-state index contributed by atoms with van der Waals surface area (Å²) in [6.07, 6.45) is 3.03. The standard InChI is InChI=1S/C26H30FN3O4/c1-3-34-26(32)23-6-4-5-15-29(23)17-25(31)30-24(19-7-11-20(27)12-8-19)16-22(28-30)18-9-13-21(33-2)14-10-18/h7-14,23-24H,3-6,15-17H2,1-2H3. The monoisotopic (exact) mass is 467 g/mol. The van der Waals surface area contributed by atoms with Crippen LogP contribution in [0.3, 0.4) is 0 Å². The number of halogens is 1. The minimum Gasteiger partial charge on any atom is -0.497 e. The maximum absolute atomic E-state index is 13.6. The fraction of sp³-hybridized carbons (Fsp3) is 0.423. The third kappa shape index (κ3) is 5.28. The zero-order valence-electron chi connectivity index (χ0n) is 19.6. The van der Waals surface area contributed by atoms with Crippen LogP contribution in [-0.4, -0.2) is 60.3 Å². The molecule has 0 aromatic heterocycles. The number of carbonyl (C=O) groups excluding carboxylic acids is 2. The Hall–Kier alpha value is -3.26. The van der Waals surface area contributed by atoms with Gasteiger partial charge in [-0.25, -0.2) is 9.40 Å². The van der Waals surface area contributed by atoms with Crippen LogP contribution in [0.25, 0.3) is 0 Å². The van der Waals surface area contributed by atoms with Gasteiger partial charge in [0.1, 0.15) is 17.6 Å². The van der Waals surface area contributed by atoms with Crippen LogP contribution in [0.2, 0.25) is 0 Å². The molecule has 0 saturated carbocycles. The van der Waals surface area contributed by atoms with Gasteiger partial charge in [0.05, 0.1) is 32.0 Å². The molecule has 1 saturated heterocycles. The second-order valence-corrected chi connectivity index (χ2v) is 8.52. The predicted octanol–water partition coefficient (Wildman–Crippen LogP) is 3.93. The fourth-order valence-corrected chi connectivity index (χ4v) is 4.57. The SMILES string of the molecule is CCOC(=O)C1CCCCN1CC(=O)N1N=C(c2ccc(OC)cc2)CC1c1ccc(F)cc1. The maximum atomic E-state index is 13.6. The van der Waals surface area contributed by atoms with Gasteiger partial charge in [-0.3, -0.25) is 14.5 Å². The van der Waals surface area contributed by atoms with Crippen molar-refractivity contribution in [2.75, 3.05) is 26.8 Å². The van der Waals surface area contributed by atoms with Crippen molar-refractivity contribution in [3.05, 3.63) is 65.5 Å². The van der Waals surface area contributed by atoms with E-state index in [1.54, 1.807) is 26.2 Å². The number of benzene rings is 2. The summed E-state index contributed by atoms with van der Waals surface area (Å²) in [6, 6.07) is 12.9. The van der Waals surface area contributed by atoms with E-state index in [9.17, 15) is 14.0 Å². The largest absolute Gasteiger partial charge is 0.497 e. The topological polar surface area (TPSA) is 71.4 Å². The minimum atomic E-state index is -0.422. The van der Waals surface area contributed by atoms with Gasteiger partial charge in [0.25, 0.3) is 5.91 Å². The maximum Gasteiger partial charge on any atom is 0.323 e. The molecular formula is C26H30FN3O4. The lowest BCUT2D eigenvalue weighted by Crippen LogP contribution is -2.49. The van der Waals surface area contributed by atoms with Crippen molar-refractivity contribution in [3.8, 4) is 5.75 Å². The Kier molecular flexibility index (Phi) is 7.57. The van der Waals surface area contributed by atoms with Crippen molar-refractivity contribution in [2.24, 2.45) is 5.10 Å². The molecule has 2 aliphatic heterocycles. The molecule has 2 aliphatic rings. The number of carbonyl (C=O) groups is 2. The predicted molar refractivity (Wildman–Crippen MR) is 126 cm³/mol. The highest BCUT2D eigenvalue weighted by atomic mass is 19.1. The van der Waals surface area contributed by atoms with Gasteiger partial charge in [-0.1, -0.05) is 18.6 Å². The molecule has 0 radical (unpaired) electrons. The third-order valence-electron chi connectivity index (χ3n) is 6.35. The summed E-state index contributed by atoms with van der Waals surface area (Å²) in [6.45, 7) is 2.81. The summed E-state index contributed by atoms with van der Waals surface area (Å²) in [4.78, 5) is 27.9. The molecule has 2 atom stereocenters. The van der Waals surface area contributed by atoms with Gasteiger partial charge >= 0.3 is 5.97 Å². The number of likely N-dealkylation sites (tertiary alicyclic amines) is 1. The van der Waals surface area contributed by atoms with Crippen LogP contribution in [0.4, 0.5) is 4.39 Å². The molecular weight excluding hydrogens is 437 g/mol. The molecule has 4 rings (SSSR count). The summed E-state index contributed by atoms with van der Waals surface area (Å²) in [5, 5.41) is 6.18. The van der Waals surface area contributed by atoms with E-state index in [1.807, 2.05) is 29.2 Å². The molecule has 0 bridgehead atoms. The Morgan fingerprint density at radius 3 is 2.50 bits per heavy atom. The van der Waals surface area contributed by atoms with Crippen LogP contribution in [-0.2, 0) is 14.3 Å². The number of hydrogen-bond donors (Lipinski definition) is 0. The first-order valence-corrected chi connectivity index (χ1v) is 11.7. The molecule has 0 aliphatic carbocycles. The molecule has 8 heteroatoms. The molecule has 2 aromatic rings. The molecule has 2 heterocycles. The zero-order chi connectivity index (χ0) is 24.1. The smallest absolute Gasteiger partial charge is 0.323 e. The Bertz CT molecular complexity index is 1040. The number of methoxy groups -OCH3 is 1. The van der Waals surface area contributed by atoms with Gasteiger partial charge in [0, 0.05) is 6.42 Å². The van der Waals surface area contributed by atoms with Crippen molar-refractivity contribution in [3.63, 3.8) is 0 Å². The summed E-state index contributed by atoms with van der Waals surface area (Å²) in [5.74, 6) is -0.0788. The van der Waals surface area contributed by atoms with Crippen LogP contribution >= 0.6 is 0 Å². The highest BCUT2D eigenvalue weighted by Gasteiger charge is 2.37. The van der Waals surface area contributed by atoms with Crippen molar-refractivity contribution >= 4 is 17.6 Å². The fourth-order valence-electron chi connectivity index (χ4n) is 4.57. The highest BCUT2D eigenvalue weighted by Crippen LogP contribution is 2.33. The van der Waals surface area contributed by atoms with E-state index in [1.165, 1.54) is 17.1 Å². The summed E-state index contributed by atoms with van der Waals surface area (Å²) in [7, 11) is 1.61. The summed E-state index contributed by atoms with van der Waals surface area (Å²) < 4.78 is 24.0. The van der Waals surface area contributed by atoms with E-state index in [0.717, 1.165) is 35.4 Å². The number of hydrogen-bond acceptors (Lipinski definition) is 6. The van der Waals surface area contributed by atoms with Crippen LogP contribution in [0.5, 0.6) is 5.75 Å². The molecule has 0 N–H and O–H groups in total. The van der Waals surface area contributed by atoms with Gasteiger partial charge in [0.2, 0.25) is 0 Å². The quantitative estimate of drug-likeness (QED) is 0.577. The lowest BCUT2D eigenvalue weighted by molar-refractivity contribution is -0.152. The first kappa shape index (κ1) is 23.9. The Balaban J connectivity index is 1.58. The minimum absolute atomic E-state index is 0.0700. The van der Waals surface area contributed by atoms with Crippen LogP contribution in [0, 0.1) is 5.82 Å². The van der Waals surface area contributed by atoms with E-state index >= 15 is 0 Å². The Morgan fingerprint density at radius 1 is 1.09 bits per heavy atom. The summed E-state index contributed by atoms with van der Waals surface area (Å²) in [5.41, 5.74) is 2.47. The van der Waals surface area contributed by atoms with Crippen molar-refractivity contribution in [2.45, 2.75) is 44.7 Å². The van der Waals surface area contributed by atoms with Gasteiger partial charge in [-0.2, -0.15) is 5.10 Å². The average Bonchev–Trinajstić information content (AvgIpc) is 3.31. The van der Waals surface area contributed by atoms with E-state index in [2.05, 4.69) is 5.10 Å². The van der Waals surface area contributed by atoms with E-state index in [4.69, 9.17) is 9.47 Å². The Labute approximate surface area is 199 Å². The van der Waals surface area contributed by atoms with Crippen LogP contribution in [0.1, 0.15) is 49.8 Å². The number of ether oxygens (including phenoxy) is 2. The number of amides is 1. The van der Waals surface area contributed by atoms with Crippen molar-refractivity contribution in [1.29, 1.82) is 0 Å². The van der Waals surface area contributed by atoms with Gasteiger partial charge in [-0.15, -0.1) is 0 Å². The molecule has 180 valence electrons. The summed E-state index contributed by atoms with van der Waals surface area (Å²) >= 11 is 0. The molecule has 7 nitrogen and oxygen atoms in total. The molecule has 34 heavy (non-hydrogen) atoms. The normalized spacial score (nSPS) is 20.7. The second-order valence-electron chi connectivity index (χ2n) is 8.52. The van der Waals surface area contributed by atoms with Gasteiger partial charge < -0.3 is 9.47 Å². The molecule has 1 amide bonds. The second kappa shape index (κ2) is 10.8. The first-order valence-electron chi connectivity index (χ1n) is 11.7. The van der Waals surface area contributed by atoms with Gasteiger partial charge in [-0.05, 0) is 73.8 Å². The number of hydrazone groups is 1. The molecule has 0 spiro atoms. The van der Waals surface area contributed by atoms with Crippen molar-refractivity contribution < 1.29 is 23.5 Å². The first-order chi connectivity index (χ1) is 16.5. The number of piperidine rings is 1. The molecule has 1 fully saturated rings. The van der Waals surface area contributed by atoms with Crippen LogP contribution < -0.4 is 4.74 Å². The van der Waals surface area contributed by atoms with Crippen LogP contribution in [0.15, 0.2) is 53.6 Å². The number of esters is 1. The Morgan fingerprint density at radius 2 is 1.82 bits per heavy atom. The molecule has 2 unspecified atom stereocenters. The van der Waals surface area contributed by atoms with Gasteiger partial charge in [0.15, 0.2) is 0 Å². The van der Waals surface area contributed by atoms with E-state index < -0.39 is 6.04 Å².